The van der Waals surface area contributed by atoms with Crippen LogP contribution < -0.4 is 10.6 Å². The van der Waals surface area contributed by atoms with Crippen LogP contribution in [-0.4, -0.2) is 23.7 Å². The molecule has 2 amide bonds. The summed E-state index contributed by atoms with van der Waals surface area (Å²) in [6, 6.07) is 8.04. The van der Waals surface area contributed by atoms with Gasteiger partial charge in [-0.15, -0.1) is 0 Å². The van der Waals surface area contributed by atoms with Crippen LogP contribution in [0.25, 0.3) is 0 Å². The number of carboxylic acid groups (broad SMARTS) is 1. The van der Waals surface area contributed by atoms with E-state index in [9.17, 15) is 9.59 Å². The fourth-order valence-electron chi connectivity index (χ4n) is 2.31. The topological polar surface area (TPSA) is 78.4 Å². The first-order chi connectivity index (χ1) is 10.1. The molecule has 5 heteroatoms. The third kappa shape index (κ3) is 5.10. The minimum absolute atomic E-state index is 0.0464. The SMILES string of the molecule is Cc1ccc(C(NC(=O)NCCCC(=O)O)C2CC2)cc1. The molecule has 1 fully saturated rings. The summed E-state index contributed by atoms with van der Waals surface area (Å²) in [5.74, 6) is -0.329. The number of rotatable bonds is 7. The van der Waals surface area contributed by atoms with Gasteiger partial charge in [-0.05, 0) is 37.7 Å². The first kappa shape index (κ1) is 15.4. The standard InChI is InChI=1S/C16H22N2O3/c1-11-4-6-12(7-5-11)15(13-8-9-13)18-16(21)17-10-2-3-14(19)20/h4-7,13,15H,2-3,8-10H2,1H3,(H,19,20)(H2,17,18,21). The number of aliphatic carboxylic acids is 1. The second-order valence-electron chi connectivity index (χ2n) is 5.62. The molecule has 1 aromatic carbocycles. The number of carbonyl (C=O) groups is 2. The maximum absolute atomic E-state index is 11.9. The molecule has 1 unspecified atom stereocenters. The smallest absolute Gasteiger partial charge is 0.315 e. The molecule has 0 radical (unpaired) electrons. The molecule has 1 aliphatic carbocycles. The molecule has 21 heavy (non-hydrogen) atoms. The lowest BCUT2D eigenvalue weighted by molar-refractivity contribution is -0.137. The number of benzene rings is 1. The first-order valence-electron chi connectivity index (χ1n) is 7.39. The van der Waals surface area contributed by atoms with Crippen molar-refractivity contribution in [2.75, 3.05) is 6.54 Å². The molecular weight excluding hydrogens is 268 g/mol. The van der Waals surface area contributed by atoms with Crippen molar-refractivity contribution in [2.45, 2.75) is 38.6 Å². The molecule has 3 N–H and O–H groups in total. The Balaban J connectivity index is 1.84. The lowest BCUT2D eigenvalue weighted by atomic mass is 10.0. The van der Waals surface area contributed by atoms with Crippen LogP contribution in [0.2, 0.25) is 0 Å². The highest BCUT2D eigenvalue weighted by atomic mass is 16.4. The highest BCUT2D eigenvalue weighted by Gasteiger charge is 2.33. The van der Waals surface area contributed by atoms with E-state index in [1.807, 2.05) is 6.92 Å². The molecule has 114 valence electrons. The Hall–Kier alpha value is -2.04. The Kier molecular flexibility index (Phi) is 5.20. The van der Waals surface area contributed by atoms with Crippen LogP contribution in [-0.2, 0) is 4.79 Å². The molecule has 0 saturated heterocycles. The van der Waals surface area contributed by atoms with Crippen LogP contribution in [0.1, 0.15) is 42.9 Å². The number of aryl methyl sites for hydroxylation is 1. The maximum atomic E-state index is 11.9. The highest BCUT2D eigenvalue weighted by Crippen LogP contribution is 2.40. The van der Waals surface area contributed by atoms with Crippen molar-refractivity contribution >= 4 is 12.0 Å². The molecule has 1 aromatic rings. The van der Waals surface area contributed by atoms with Crippen molar-refractivity contribution in [1.82, 2.24) is 10.6 Å². The van der Waals surface area contributed by atoms with Crippen LogP contribution in [0.3, 0.4) is 0 Å². The Morgan fingerprint density at radius 3 is 2.52 bits per heavy atom. The van der Waals surface area contributed by atoms with E-state index in [1.165, 1.54) is 5.56 Å². The molecule has 0 bridgehead atoms. The summed E-state index contributed by atoms with van der Waals surface area (Å²) in [5, 5.41) is 14.3. The van der Waals surface area contributed by atoms with Crippen LogP contribution >= 0.6 is 0 Å². The number of urea groups is 1. The average molecular weight is 290 g/mol. The van der Waals surface area contributed by atoms with Gasteiger partial charge < -0.3 is 15.7 Å². The zero-order valence-corrected chi connectivity index (χ0v) is 12.3. The molecular formula is C16H22N2O3. The third-order valence-electron chi connectivity index (χ3n) is 3.67. The second-order valence-corrected chi connectivity index (χ2v) is 5.62. The highest BCUT2D eigenvalue weighted by molar-refractivity contribution is 5.74. The lowest BCUT2D eigenvalue weighted by Crippen LogP contribution is -2.39. The van der Waals surface area contributed by atoms with E-state index in [4.69, 9.17) is 5.11 Å². The van der Waals surface area contributed by atoms with Crippen LogP contribution in [0.15, 0.2) is 24.3 Å². The second kappa shape index (κ2) is 7.11. The summed E-state index contributed by atoms with van der Waals surface area (Å²) in [5.41, 5.74) is 2.33. The van der Waals surface area contributed by atoms with E-state index < -0.39 is 5.97 Å². The number of hydrogen-bond acceptors (Lipinski definition) is 2. The van der Waals surface area contributed by atoms with Gasteiger partial charge in [0.25, 0.3) is 0 Å². The summed E-state index contributed by atoms with van der Waals surface area (Å²) in [6.45, 7) is 2.42. The Morgan fingerprint density at radius 1 is 1.29 bits per heavy atom. The zero-order valence-electron chi connectivity index (χ0n) is 12.3. The van der Waals surface area contributed by atoms with E-state index in [-0.39, 0.29) is 18.5 Å². The van der Waals surface area contributed by atoms with Crippen LogP contribution in [0.4, 0.5) is 4.79 Å². The quantitative estimate of drug-likeness (QED) is 0.675. The van der Waals surface area contributed by atoms with Crippen LogP contribution in [0, 0.1) is 12.8 Å². The van der Waals surface area contributed by atoms with Gasteiger partial charge in [-0.1, -0.05) is 29.8 Å². The molecule has 0 spiro atoms. The minimum atomic E-state index is -0.840. The number of carbonyl (C=O) groups excluding carboxylic acids is 1. The van der Waals surface area contributed by atoms with Gasteiger partial charge in [-0.25, -0.2) is 4.79 Å². The predicted octanol–water partition coefficient (Wildman–Crippen LogP) is 2.61. The van der Waals surface area contributed by atoms with Crippen molar-refractivity contribution in [3.63, 3.8) is 0 Å². The average Bonchev–Trinajstić information content (AvgIpc) is 3.26. The molecule has 0 heterocycles. The number of hydrogen-bond donors (Lipinski definition) is 3. The summed E-state index contributed by atoms with van der Waals surface area (Å²) < 4.78 is 0. The van der Waals surface area contributed by atoms with Gasteiger partial charge >= 0.3 is 12.0 Å². The van der Waals surface area contributed by atoms with Gasteiger partial charge in [0.2, 0.25) is 0 Å². The minimum Gasteiger partial charge on any atom is -0.481 e. The molecule has 1 saturated carbocycles. The molecule has 0 aromatic heterocycles. The molecule has 2 rings (SSSR count). The van der Waals surface area contributed by atoms with Crippen molar-refractivity contribution in [3.8, 4) is 0 Å². The molecule has 1 atom stereocenters. The van der Waals surface area contributed by atoms with E-state index in [2.05, 4.69) is 34.9 Å². The number of amides is 2. The summed E-state index contributed by atoms with van der Waals surface area (Å²) >= 11 is 0. The van der Waals surface area contributed by atoms with E-state index in [0.29, 0.717) is 18.9 Å². The summed E-state index contributed by atoms with van der Waals surface area (Å²) in [7, 11) is 0. The maximum Gasteiger partial charge on any atom is 0.315 e. The fourth-order valence-corrected chi connectivity index (χ4v) is 2.31. The normalized spacial score (nSPS) is 15.3. The zero-order chi connectivity index (χ0) is 15.2. The van der Waals surface area contributed by atoms with E-state index >= 15 is 0 Å². The largest absolute Gasteiger partial charge is 0.481 e. The summed E-state index contributed by atoms with van der Waals surface area (Å²) in [6.07, 6.45) is 2.79. The van der Waals surface area contributed by atoms with Crippen molar-refractivity contribution in [1.29, 1.82) is 0 Å². The summed E-state index contributed by atoms with van der Waals surface area (Å²) in [4.78, 5) is 22.3. The van der Waals surface area contributed by atoms with Crippen molar-refractivity contribution < 1.29 is 14.7 Å². The predicted molar refractivity (Wildman–Crippen MR) is 80.0 cm³/mol. The van der Waals surface area contributed by atoms with Gasteiger partial charge in [-0.3, -0.25) is 4.79 Å². The fraction of sp³-hybridized carbons (Fsp3) is 0.500. The van der Waals surface area contributed by atoms with Gasteiger partial charge in [-0.2, -0.15) is 0 Å². The van der Waals surface area contributed by atoms with Gasteiger partial charge in [0.15, 0.2) is 0 Å². The monoisotopic (exact) mass is 290 g/mol. The number of nitrogens with one attached hydrogen (secondary N) is 2. The van der Waals surface area contributed by atoms with Crippen LogP contribution in [0.5, 0.6) is 0 Å². The Morgan fingerprint density at radius 2 is 1.95 bits per heavy atom. The number of carboxylic acids is 1. The van der Waals surface area contributed by atoms with E-state index in [0.717, 1.165) is 18.4 Å². The first-order valence-corrected chi connectivity index (χ1v) is 7.39. The molecule has 0 aliphatic heterocycles. The van der Waals surface area contributed by atoms with Gasteiger partial charge in [0.1, 0.15) is 0 Å². The van der Waals surface area contributed by atoms with Crippen molar-refractivity contribution in [3.05, 3.63) is 35.4 Å². The molecule has 5 nitrogen and oxygen atoms in total. The van der Waals surface area contributed by atoms with Gasteiger partial charge in [0, 0.05) is 13.0 Å². The Labute approximate surface area is 124 Å². The van der Waals surface area contributed by atoms with Gasteiger partial charge in [0.05, 0.1) is 6.04 Å². The molecule has 1 aliphatic rings. The van der Waals surface area contributed by atoms with E-state index in [1.54, 1.807) is 0 Å². The van der Waals surface area contributed by atoms with Crippen molar-refractivity contribution in [2.24, 2.45) is 5.92 Å². The third-order valence-corrected chi connectivity index (χ3v) is 3.67. The Bertz CT molecular complexity index is 495. The lowest BCUT2D eigenvalue weighted by Gasteiger charge is -2.19.